The average molecular weight is 200 g/mol. The van der Waals surface area contributed by atoms with Gasteiger partial charge in [-0.1, -0.05) is 11.6 Å². The van der Waals surface area contributed by atoms with Crippen LogP contribution >= 0.6 is 22.9 Å². The summed E-state index contributed by atoms with van der Waals surface area (Å²) >= 11 is 6.56. The Bertz CT molecular complexity index is 379. The van der Waals surface area contributed by atoms with E-state index in [0.717, 1.165) is 11.3 Å². The van der Waals surface area contributed by atoms with Crippen molar-refractivity contribution >= 4 is 34.2 Å². The quantitative estimate of drug-likeness (QED) is 0.587. The zero-order chi connectivity index (χ0) is 9.14. The molecular weight excluding hydrogens is 198 g/mol. The Morgan fingerprint density at radius 2 is 2.42 bits per heavy atom. The van der Waals surface area contributed by atoms with Gasteiger partial charge in [-0.15, -0.1) is 16.5 Å². The number of hydrogen-bond donors (Lipinski definition) is 1. The van der Waals surface area contributed by atoms with Crippen molar-refractivity contribution in [1.82, 2.24) is 0 Å². The molecular formula is C6H2ClN3OS. The smallest absolute Gasteiger partial charge is 0.161 e. The fraction of sp³-hybridized carbons (Fsp3) is 0. The van der Waals surface area contributed by atoms with Crippen LogP contribution in [0.2, 0.25) is 5.02 Å². The van der Waals surface area contributed by atoms with Gasteiger partial charge in [0.25, 0.3) is 0 Å². The van der Waals surface area contributed by atoms with Crippen LogP contribution in [0.4, 0.5) is 5.00 Å². The highest BCUT2D eigenvalue weighted by atomic mass is 35.5. The van der Waals surface area contributed by atoms with Crippen LogP contribution in [0.15, 0.2) is 5.11 Å². The monoisotopic (exact) mass is 199 g/mol. The zero-order valence-corrected chi connectivity index (χ0v) is 7.24. The maximum absolute atomic E-state index is 10.3. The van der Waals surface area contributed by atoms with Gasteiger partial charge >= 0.3 is 0 Å². The van der Waals surface area contributed by atoms with E-state index in [9.17, 15) is 4.79 Å². The molecule has 1 heterocycles. The summed E-state index contributed by atoms with van der Waals surface area (Å²) in [6, 6.07) is 1.78. The first kappa shape index (κ1) is 8.84. The number of carbonyl (C=O) groups excluding carboxylic acids is 1. The molecule has 1 aromatic heterocycles. The predicted octanol–water partition coefficient (Wildman–Crippen LogP) is 2.75. The van der Waals surface area contributed by atoms with Crippen molar-refractivity contribution in [2.45, 2.75) is 0 Å². The Morgan fingerprint density at radius 1 is 1.75 bits per heavy atom. The molecule has 0 fully saturated rings. The van der Waals surface area contributed by atoms with E-state index in [2.05, 4.69) is 5.11 Å². The van der Waals surface area contributed by atoms with E-state index >= 15 is 0 Å². The molecule has 60 valence electrons. The molecule has 1 N–H and O–H groups in total. The molecule has 0 unspecified atom stereocenters. The number of carbonyl (C=O) groups is 1. The summed E-state index contributed by atoms with van der Waals surface area (Å²) in [5, 5.41) is 11.9. The van der Waals surface area contributed by atoms with Crippen LogP contribution in [0.3, 0.4) is 0 Å². The van der Waals surface area contributed by atoms with Gasteiger partial charge in [0.15, 0.2) is 11.3 Å². The molecule has 0 saturated heterocycles. The minimum absolute atomic E-state index is 0.0866. The van der Waals surface area contributed by atoms with Gasteiger partial charge in [0.1, 0.15) is 11.6 Å². The van der Waals surface area contributed by atoms with Crippen LogP contribution < -0.4 is 0 Å². The maximum Gasteiger partial charge on any atom is 0.161 e. The van der Waals surface area contributed by atoms with Gasteiger partial charge in [-0.05, 0) is 0 Å². The maximum atomic E-state index is 10.3. The number of aldehydes is 1. The van der Waals surface area contributed by atoms with Crippen LogP contribution in [0, 0.1) is 16.9 Å². The first-order valence-corrected chi connectivity index (χ1v) is 3.99. The highest BCUT2D eigenvalue weighted by Crippen LogP contribution is 2.37. The van der Waals surface area contributed by atoms with Gasteiger partial charge in [-0.2, -0.15) is 5.26 Å². The molecule has 0 saturated carbocycles. The van der Waals surface area contributed by atoms with E-state index in [1.165, 1.54) is 0 Å². The molecule has 0 atom stereocenters. The highest BCUT2D eigenvalue weighted by Gasteiger charge is 2.15. The Kier molecular flexibility index (Phi) is 2.53. The lowest BCUT2D eigenvalue weighted by atomic mass is 10.3. The summed E-state index contributed by atoms with van der Waals surface area (Å²) in [5.74, 6) is 0. The second-order valence-electron chi connectivity index (χ2n) is 1.80. The predicted molar refractivity (Wildman–Crippen MR) is 44.2 cm³/mol. The Balaban J connectivity index is 3.44. The Labute approximate surface area is 76.9 Å². The summed E-state index contributed by atoms with van der Waals surface area (Å²) in [5.41, 5.74) is 6.78. The molecule has 6 heteroatoms. The van der Waals surface area contributed by atoms with E-state index in [1.54, 1.807) is 6.07 Å². The lowest BCUT2D eigenvalue weighted by Crippen LogP contribution is -1.72. The van der Waals surface area contributed by atoms with E-state index in [0.29, 0.717) is 6.29 Å². The van der Waals surface area contributed by atoms with Crippen molar-refractivity contribution in [3.05, 3.63) is 15.5 Å². The molecule has 1 aromatic rings. The van der Waals surface area contributed by atoms with E-state index < -0.39 is 0 Å². The van der Waals surface area contributed by atoms with Gasteiger partial charge in [-0.3, -0.25) is 4.79 Å². The SMILES string of the molecule is N#Cc1c(N=N)sc(C=O)c1Cl. The third-order valence-corrected chi connectivity index (χ3v) is 2.69. The Morgan fingerprint density at radius 3 is 2.75 bits per heavy atom. The summed E-state index contributed by atoms with van der Waals surface area (Å²) in [6.45, 7) is 0. The van der Waals surface area contributed by atoms with Crippen LogP contribution in [0.5, 0.6) is 0 Å². The summed E-state index contributed by atoms with van der Waals surface area (Å²) < 4.78 is 0. The molecule has 0 aromatic carbocycles. The number of nitrogens with one attached hydrogen (secondary N) is 1. The average Bonchev–Trinajstić information content (AvgIpc) is 2.41. The van der Waals surface area contributed by atoms with Crippen molar-refractivity contribution in [1.29, 1.82) is 10.8 Å². The molecule has 0 bridgehead atoms. The van der Waals surface area contributed by atoms with Gasteiger partial charge in [-0.25, -0.2) is 5.53 Å². The van der Waals surface area contributed by atoms with Crippen LogP contribution in [0.1, 0.15) is 15.2 Å². The number of halogens is 1. The summed E-state index contributed by atoms with van der Waals surface area (Å²) in [4.78, 5) is 10.6. The molecule has 0 radical (unpaired) electrons. The molecule has 0 amide bonds. The normalized spacial score (nSPS) is 9.00. The zero-order valence-electron chi connectivity index (χ0n) is 5.67. The van der Waals surface area contributed by atoms with Crippen LogP contribution in [0.25, 0.3) is 0 Å². The molecule has 0 aliphatic carbocycles. The van der Waals surface area contributed by atoms with E-state index in [4.69, 9.17) is 22.4 Å². The fourth-order valence-corrected chi connectivity index (χ4v) is 1.76. The molecule has 1 rings (SSSR count). The summed E-state index contributed by atoms with van der Waals surface area (Å²) in [6.07, 6.45) is 0.544. The molecule has 0 spiro atoms. The van der Waals surface area contributed by atoms with Crippen molar-refractivity contribution in [3.63, 3.8) is 0 Å². The highest BCUT2D eigenvalue weighted by molar-refractivity contribution is 7.18. The first-order chi connectivity index (χ1) is 5.74. The summed E-state index contributed by atoms with van der Waals surface area (Å²) in [7, 11) is 0. The second-order valence-corrected chi connectivity index (χ2v) is 3.21. The van der Waals surface area contributed by atoms with Crippen LogP contribution in [-0.4, -0.2) is 6.29 Å². The van der Waals surface area contributed by atoms with E-state index in [1.807, 2.05) is 0 Å². The van der Waals surface area contributed by atoms with Crippen molar-refractivity contribution < 1.29 is 4.79 Å². The Hall–Kier alpha value is -1.25. The van der Waals surface area contributed by atoms with Crippen molar-refractivity contribution in [2.75, 3.05) is 0 Å². The second kappa shape index (κ2) is 3.43. The van der Waals surface area contributed by atoms with Gasteiger partial charge in [0.2, 0.25) is 0 Å². The number of hydrogen-bond acceptors (Lipinski definition) is 5. The number of nitriles is 1. The topological polar surface area (TPSA) is 77.1 Å². The standard InChI is InChI=1S/C6H2ClN3OS/c7-5-3(1-8)6(10-9)12-4(5)2-11/h2,9H. The number of nitrogens with zero attached hydrogens (tertiary/aromatic N) is 2. The largest absolute Gasteiger partial charge is 0.297 e. The van der Waals surface area contributed by atoms with Crippen molar-refractivity contribution in [3.8, 4) is 6.07 Å². The lowest BCUT2D eigenvalue weighted by molar-refractivity contribution is 0.112. The van der Waals surface area contributed by atoms with Crippen LogP contribution in [-0.2, 0) is 0 Å². The van der Waals surface area contributed by atoms with Gasteiger partial charge in [0, 0.05) is 0 Å². The third-order valence-electron chi connectivity index (χ3n) is 1.18. The van der Waals surface area contributed by atoms with Gasteiger partial charge in [0.05, 0.1) is 9.90 Å². The van der Waals surface area contributed by atoms with Crippen molar-refractivity contribution in [2.24, 2.45) is 5.11 Å². The minimum atomic E-state index is 0.0866. The minimum Gasteiger partial charge on any atom is -0.297 e. The van der Waals surface area contributed by atoms with E-state index in [-0.39, 0.29) is 20.5 Å². The lowest BCUT2D eigenvalue weighted by Gasteiger charge is -1.82. The molecule has 4 nitrogen and oxygen atoms in total. The van der Waals surface area contributed by atoms with Gasteiger partial charge < -0.3 is 0 Å². The number of rotatable bonds is 2. The molecule has 12 heavy (non-hydrogen) atoms. The fourth-order valence-electron chi connectivity index (χ4n) is 0.668. The molecule has 0 aliphatic rings. The first-order valence-electron chi connectivity index (χ1n) is 2.79. The molecule has 0 aliphatic heterocycles. The number of thiophene rings is 1. The third kappa shape index (κ3) is 1.22.